The van der Waals surface area contributed by atoms with E-state index in [1.807, 2.05) is 70.2 Å². The number of carbonyl (C=O) groups is 2. The number of benzene rings is 4. The number of carbonyl (C=O) groups excluding carboxylic acids is 1. The minimum atomic E-state index is -0.990. The molecule has 6 fully saturated rings. The van der Waals surface area contributed by atoms with E-state index in [0.29, 0.717) is 103 Å². The van der Waals surface area contributed by atoms with Crippen LogP contribution in [-0.2, 0) is 27.3 Å². The van der Waals surface area contributed by atoms with Gasteiger partial charge in [-0.1, -0.05) is 91.5 Å². The van der Waals surface area contributed by atoms with Gasteiger partial charge in [-0.25, -0.2) is 19.6 Å². The Hall–Kier alpha value is -5.78. The number of hydrogen-bond donors (Lipinski definition) is 3. The second kappa shape index (κ2) is 24.1. The predicted molar refractivity (Wildman–Crippen MR) is 329 cm³/mol. The van der Waals surface area contributed by atoms with Crippen molar-refractivity contribution < 1.29 is 47.4 Å². The zero-order valence-corrected chi connectivity index (χ0v) is 51.8. The first-order chi connectivity index (χ1) is 41.1. The summed E-state index contributed by atoms with van der Waals surface area (Å²) < 4.78 is 42.8. The smallest absolute Gasteiger partial charge is 0.338 e. The van der Waals surface area contributed by atoms with Gasteiger partial charge in [0.05, 0.1) is 85.4 Å². The van der Waals surface area contributed by atoms with Crippen molar-refractivity contribution in [2.75, 3.05) is 56.3 Å². The predicted octanol–water partition coefficient (Wildman–Crippen LogP) is 13.3. The third kappa shape index (κ3) is 11.8. The molecule has 2 saturated carbocycles. The molecule has 24 heteroatoms. The quantitative estimate of drug-likeness (QED) is 0.0682. The van der Waals surface area contributed by atoms with Crippen LogP contribution in [0, 0.1) is 11.8 Å². The number of anilines is 2. The SMILES string of the molecule is CC(C)Oc1cc(C(=O)O)cc2sc(N3C[C@@H]4[C@H](C3)OC[C@H]4NCc3c(-c4c(Cl)cccc4Cl)noc3C3CC3)nc12.COC(=O)c1cc(OC(C)C)c2nc(N3C[C@@H]4[C@H](C3)OC[C@H]4NCc3c(-c4c(Cl)cccc4Cl)noc3C3CC3)sc2c1. The molecule has 446 valence electrons. The maximum absolute atomic E-state index is 12.3. The second-order valence-corrected chi connectivity index (χ2v) is 26.8. The van der Waals surface area contributed by atoms with Crippen LogP contribution in [0.15, 0.2) is 69.7 Å². The summed E-state index contributed by atoms with van der Waals surface area (Å²) in [5.41, 5.74) is 6.89. The van der Waals surface area contributed by atoms with Gasteiger partial charge < -0.3 is 58.3 Å². The van der Waals surface area contributed by atoms with E-state index in [0.717, 1.165) is 99.7 Å². The summed E-state index contributed by atoms with van der Waals surface area (Å²) in [4.78, 5) is 38.4. The highest BCUT2D eigenvalue weighted by Crippen LogP contribution is 2.49. The minimum Gasteiger partial charge on any atom is -0.489 e. The van der Waals surface area contributed by atoms with Gasteiger partial charge in [-0.15, -0.1) is 0 Å². The van der Waals surface area contributed by atoms with Crippen LogP contribution in [0.5, 0.6) is 11.5 Å². The summed E-state index contributed by atoms with van der Waals surface area (Å²) in [5, 5.41) is 29.9. The van der Waals surface area contributed by atoms with Gasteiger partial charge >= 0.3 is 11.9 Å². The van der Waals surface area contributed by atoms with Gasteiger partial charge in [-0.05, 0) is 102 Å². The molecule has 85 heavy (non-hydrogen) atoms. The Labute approximate surface area is 518 Å². The van der Waals surface area contributed by atoms with Crippen LogP contribution < -0.4 is 29.9 Å². The Balaban J connectivity index is 0.000000158. The number of nitrogens with one attached hydrogen (secondary N) is 2. The molecule has 0 bridgehead atoms. The van der Waals surface area contributed by atoms with Gasteiger partial charge in [0.25, 0.3) is 0 Å². The first-order valence-corrected chi connectivity index (χ1v) is 31.8. The largest absolute Gasteiger partial charge is 0.489 e. The number of nitrogens with zero attached hydrogens (tertiary/aromatic N) is 6. The van der Waals surface area contributed by atoms with Crippen LogP contribution in [0.1, 0.15) is 109 Å². The van der Waals surface area contributed by atoms with Gasteiger partial charge in [-0.3, -0.25) is 0 Å². The molecule has 0 radical (unpaired) electrons. The van der Waals surface area contributed by atoms with Crippen molar-refractivity contribution in [2.24, 2.45) is 11.8 Å². The highest BCUT2D eigenvalue weighted by molar-refractivity contribution is 7.22. The summed E-state index contributed by atoms with van der Waals surface area (Å²) >= 11 is 29.3. The number of methoxy groups -OCH3 is 1. The molecule has 8 heterocycles. The Morgan fingerprint density at radius 3 is 1.47 bits per heavy atom. The molecule has 8 aromatic rings. The molecule has 14 rings (SSSR count). The van der Waals surface area contributed by atoms with E-state index < -0.39 is 11.9 Å². The van der Waals surface area contributed by atoms with E-state index in [9.17, 15) is 14.7 Å². The van der Waals surface area contributed by atoms with E-state index in [2.05, 4.69) is 30.7 Å². The number of fused-ring (bicyclic) bond motifs is 4. The normalized spacial score (nSPS) is 21.8. The summed E-state index contributed by atoms with van der Waals surface area (Å²) in [6.45, 7) is 13.2. The van der Waals surface area contributed by atoms with Crippen molar-refractivity contribution in [1.82, 2.24) is 30.9 Å². The lowest BCUT2D eigenvalue weighted by Crippen LogP contribution is -2.38. The van der Waals surface area contributed by atoms with Gasteiger partial charge in [0.1, 0.15) is 45.4 Å². The highest BCUT2D eigenvalue weighted by Gasteiger charge is 2.47. The van der Waals surface area contributed by atoms with Crippen LogP contribution in [-0.4, -0.2) is 120 Å². The van der Waals surface area contributed by atoms with Crippen LogP contribution in [0.2, 0.25) is 20.1 Å². The maximum atomic E-state index is 12.3. The number of hydrogen-bond acceptors (Lipinski definition) is 19. The van der Waals surface area contributed by atoms with Gasteiger partial charge in [0.2, 0.25) is 0 Å². The topological polar surface area (TPSA) is 209 Å². The zero-order chi connectivity index (χ0) is 58.9. The summed E-state index contributed by atoms with van der Waals surface area (Å²) in [6.07, 6.45) is 4.35. The number of esters is 1. The molecule has 3 N–H and O–H groups in total. The average Bonchev–Trinajstić information content (AvgIpc) is 2.28. The standard InChI is InChI=1S/C31H32Cl2N4O5S.C30H30Cl2N4O5S/c1-15(2)41-23-9-17(30(38)39-3)10-25-28(23)35-31(43-25)37-12-19-22(14-40-24(19)13-37)34-11-18-27(36-42-29(18)16-7-8-16)26-20(32)5-4-6-21(26)33;1-14(2)40-22-8-16(29(37)38)9-24-27(22)34-30(42-24)36-11-18-21(13-39-23(18)12-36)33-10-17-26(35-41-28(17)15-6-7-15)25-19(31)4-3-5-20(25)32/h4-6,9-10,15-16,19,22,24,34H,7-8,11-14H2,1-3H3;3-5,8-9,14-15,18,21,23,33H,6-7,10-13H2,1-2H3,(H,37,38)/t19-,22+,24-;18-,21+,23-/m00/s1. The average molecular weight is 1270 g/mol. The molecule has 0 unspecified atom stereocenters. The summed E-state index contributed by atoms with van der Waals surface area (Å²) in [5.74, 6) is 2.81. The Kier molecular flexibility index (Phi) is 16.5. The Morgan fingerprint density at radius 1 is 0.647 bits per heavy atom. The van der Waals surface area contributed by atoms with E-state index in [1.54, 1.807) is 29.5 Å². The van der Waals surface area contributed by atoms with E-state index in [4.69, 9.17) is 89.1 Å². The first-order valence-electron chi connectivity index (χ1n) is 28.7. The summed E-state index contributed by atoms with van der Waals surface area (Å²) in [7, 11) is 1.38. The molecule has 6 aliphatic rings. The zero-order valence-electron chi connectivity index (χ0n) is 47.2. The van der Waals surface area contributed by atoms with Crippen LogP contribution in [0.3, 0.4) is 0 Å². The molecular formula is C61H62Cl4N8O10S2. The molecule has 4 aromatic heterocycles. The van der Waals surface area contributed by atoms with Crippen LogP contribution in [0.4, 0.5) is 10.3 Å². The Bertz CT molecular complexity index is 3800. The molecule has 6 atom stereocenters. The molecule has 4 saturated heterocycles. The summed E-state index contributed by atoms with van der Waals surface area (Å²) in [6, 6.07) is 18.0. The monoisotopic (exact) mass is 1270 g/mol. The number of carboxylic acid groups (broad SMARTS) is 1. The third-order valence-corrected chi connectivity index (χ3v) is 19.9. The maximum Gasteiger partial charge on any atom is 0.338 e. The lowest BCUT2D eigenvalue weighted by atomic mass is 9.99. The number of rotatable bonds is 18. The van der Waals surface area contributed by atoms with E-state index in [-0.39, 0.29) is 53.9 Å². The fourth-order valence-electron chi connectivity index (χ4n) is 12.1. The molecule has 4 aromatic carbocycles. The number of aromatic nitrogens is 4. The van der Waals surface area contributed by atoms with Crippen molar-refractivity contribution >= 4 is 112 Å². The molecular weight excluding hydrogens is 1210 g/mol. The van der Waals surface area contributed by atoms with E-state index >= 15 is 0 Å². The lowest BCUT2D eigenvalue weighted by molar-refractivity contribution is 0.0599. The molecule has 0 amide bonds. The molecule has 0 spiro atoms. The van der Waals surface area contributed by atoms with Crippen molar-refractivity contribution in [1.29, 1.82) is 0 Å². The molecule has 4 aliphatic heterocycles. The Morgan fingerprint density at radius 2 is 1.07 bits per heavy atom. The van der Waals surface area contributed by atoms with Gasteiger partial charge in [0.15, 0.2) is 10.3 Å². The molecule has 18 nitrogen and oxygen atoms in total. The lowest BCUT2D eigenvalue weighted by Gasteiger charge is -2.20. The van der Waals surface area contributed by atoms with Gasteiger partial charge in [-0.2, -0.15) is 0 Å². The number of thiazole rings is 2. The third-order valence-electron chi connectivity index (χ3n) is 16.5. The van der Waals surface area contributed by atoms with Crippen LogP contribution in [0.25, 0.3) is 42.9 Å². The van der Waals surface area contributed by atoms with Crippen LogP contribution >= 0.6 is 69.1 Å². The van der Waals surface area contributed by atoms with E-state index in [1.165, 1.54) is 18.4 Å². The second-order valence-electron chi connectivity index (χ2n) is 23.1. The van der Waals surface area contributed by atoms with Crippen molar-refractivity contribution in [3.8, 4) is 34.0 Å². The number of carboxylic acids is 1. The highest BCUT2D eigenvalue weighted by atomic mass is 35.5. The molecule has 2 aliphatic carbocycles. The van der Waals surface area contributed by atoms with Crippen molar-refractivity contribution in [3.05, 3.63) is 115 Å². The fourth-order valence-corrected chi connectivity index (χ4v) is 15.3. The number of aromatic carboxylic acids is 1. The van der Waals surface area contributed by atoms with Gasteiger partial charge in [0, 0.05) is 97.3 Å². The van der Waals surface area contributed by atoms with Crippen molar-refractivity contribution in [3.63, 3.8) is 0 Å². The fraction of sp³-hybridized carbons (Fsp3) is 0.443. The van der Waals surface area contributed by atoms with Crippen molar-refractivity contribution in [2.45, 2.75) is 115 Å². The number of halogens is 4. The first kappa shape index (κ1) is 58.2. The minimum absolute atomic E-state index is 0.0621. The number of ether oxygens (including phenoxy) is 5.